The lowest BCUT2D eigenvalue weighted by Gasteiger charge is -2.34. The molecule has 2 N–H and O–H groups in total. The first kappa shape index (κ1) is 12.0. The number of hydrogen-bond donors (Lipinski definition) is 1. The van der Waals surface area contributed by atoms with Gasteiger partial charge in [0.15, 0.2) is 0 Å². The maximum atomic E-state index is 11.3. The van der Waals surface area contributed by atoms with E-state index in [1.165, 1.54) is 4.31 Å². The standard InChI is InChI=1S/C9H14N2O3S2/c1-7-4-11(16(10,12)13)5-9(14-7)8-2-3-15-6-8/h2-3,6-7,9H,4-5H2,1H3,(H2,10,12,13)/t7-,9+/m0/s1. The van der Waals surface area contributed by atoms with Gasteiger partial charge >= 0.3 is 0 Å². The third-order valence-corrected chi connectivity index (χ3v) is 4.22. The minimum atomic E-state index is -3.63. The van der Waals surface area contributed by atoms with Crippen LogP contribution in [0.25, 0.3) is 0 Å². The lowest BCUT2D eigenvalue weighted by molar-refractivity contribution is -0.0555. The van der Waals surface area contributed by atoms with Gasteiger partial charge in [0, 0.05) is 13.1 Å². The molecule has 1 aliphatic rings. The van der Waals surface area contributed by atoms with Crippen molar-refractivity contribution in [1.29, 1.82) is 0 Å². The summed E-state index contributed by atoms with van der Waals surface area (Å²) < 4.78 is 29.6. The lowest BCUT2D eigenvalue weighted by atomic mass is 10.1. The second-order valence-electron chi connectivity index (χ2n) is 3.85. The summed E-state index contributed by atoms with van der Waals surface area (Å²) >= 11 is 1.56. The van der Waals surface area contributed by atoms with Gasteiger partial charge in [0.2, 0.25) is 0 Å². The van der Waals surface area contributed by atoms with Crippen LogP contribution >= 0.6 is 11.3 Å². The number of nitrogens with zero attached hydrogens (tertiary/aromatic N) is 1. The third kappa shape index (κ3) is 2.61. The summed E-state index contributed by atoms with van der Waals surface area (Å²) in [5.41, 5.74) is 1.00. The predicted molar refractivity (Wildman–Crippen MR) is 62.3 cm³/mol. The molecule has 0 spiro atoms. The van der Waals surface area contributed by atoms with Crippen molar-refractivity contribution >= 4 is 21.5 Å². The van der Waals surface area contributed by atoms with Crippen LogP contribution in [0, 0.1) is 0 Å². The van der Waals surface area contributed by atoms with Gasteiger partial charge in [-0.05, 0) is 29.3 Å². The molecule has 0 saturated carbocycles. The largest absolute Gasteiger partial charge is 0.368 e. The second-order valence-corrected chi connectivity index (χ2v) is 6.18. The number of morpholine rings is 1. The first-order chi connectivity index (χ1) is 7.47. The molecule has 0 radical (unpaired) electrons. The maximum absolute atomic E-state index is 11.3. The highest BCUT2D eigenvalue weighted by atomic mass is 32.2. The number of hydrogen-bond acceptors (Lipinski definition) is 4. The molecular weight excluding hydrogens is 248 g/mol. The van der Waals surface area contributed by atoms with Crippen LogP contribution in [0.2, 0.25) is 0 Å². The van der Waals surface area contributed by atoms with E-state index < -0.39 is 10.2 Å². The van der Waals surface area contributed by atoms with Gasteiger partial charge in [0.25, 0.3) is 10.2 Å². The molecule has 2 rings (SSSR count). The number of nitrogens with two attached hydrogens (primary N) is 1. The Morgan fingerprint density at radius 2 is 2.31 bits per heavy atom. The molecule has 5 nitrogen and oxygen atoms in total. The summed E-state index contributed by atoms with van der Waals surface area (Å²) in [6.45, 7) is 2.45. The molecule has 0 amide bonds. The molecule has 1 aliphatic heterocycles. The molecule has 1 aromatic heterocycles. The van der Waals surface area contributed by atoms with Crippen LogP contribution in [0.4, 0.5) is 0 Å². The van der Waals surface area contributed by atoms with Crippen molar-refractivity contribution in [1.82, 2.24) is 4.31 Å². The van der Waals surface area contributed by atoms with E-state index in [4.69, 9.17) is 9.88 Å². The molecular formula is C9H14N2O3S2. The Balaban J connectivity index is 2.18. The Bertz CT molecular complexity index is 443. The Hall–Kier alpha value is -0.470. The zero-order valence-electron chi connectivity index (χ0n) is 8.87. The highest BCUT2D eigenvalue weighted by Gasteiger charge is 2.31. The minimum Gasteiger partial charge on any atom is -0.368 e. The van der Waals surface area contributed by atoms with Crippen molar-refractivity contribution in [2.45, 2.75) is 19.1 Å². The average molecular weight is 262 g/mol. The molecule has 1 aromatic rings. The van der Waals surface area contributed by atoms with E-state index in [1.807, 2.05) is 23.8 Å². The number of rotatable bonds is 2. The van der Waals surface area contributed by atoms with Gasteiger partial charge in [-0.2, -0.15) is 24.1 Å². The van der Waals surface area contributed by atoms with Gasteiger partial charge in [-0.15, -0.1) is 0 Å². The molecule has 1 fully saturated rings. The topological polar surface area (TPSA) is 72.6 Å². The van der Waals surface area contributed by atoms with Gasteiger partial charge in [-0.25, -0.2) is 5.14 Å². The number of ether oxygens (including phenoxy) is 1. The summed E-state index contributed by atoms with van der Waals surface area (Å²) in [6, 6.07) is 1.94. The Labute approximate surface area is 99.0 Å². The zero-order chi connectivity index (χ0) is 11.8. The average Bonchev–Trinajstić information content (AvgIpc) is 2.68. The van der Waals surface area contributed by atoms with Crippen molar-refractivity contribution in [2.24, 2.45) is 5.14 Å². The molecule has 90 valence electrons. The van der Waals surface area contributed by atoms with Gasteiger partial charge in [-0.3, -0.25) is 0 Å². The Kier molecular flexibility index (Phi) is 3.32. The fourth-order valence-electron chi connectivity index (χ4n) is 1.76. The SMILES string of the molecule is C[C@H]1CN(S(N)(=O)=O)C[C@H](c2ccsc2)O1. The molecule has 2 heterocycles. The van der Waals surface area contributed by atoms with E-state index in [9.17, 15) is 8.42 Å². The van der Waals surface area contributed by atoms with E-state index in [1.54, 1.807) is 11.3 Å². The van der Waals surface area contributed by atoms with Gasteiger partial charge in [-0.1, -0.05) is 0 Å². The first-order valence-corrected chi connectivity index (χ1v) is 7.37. The highest BCUT2D eigenvalue weighted by Crippen LogP contribution is 2.27. The van der Waals surface area contributed by atoms with Crippen molar-refractivity contribution in [3.8, 4) is 0 Å². The smallest absolute Gasteiger partial charge is 0.277 e. The van der Waals surface area contributed by atoms with Gasteiger partial charge < -0.3 is 4.74 Å². The van der Waals surface area contributed by atoms with E-state index in [0.717, 1.165) is 5.56 Å². The summed E-state index contributed by atoms with van der Waals surface area (Å²) in [5.74, 6) is 0. The van der Waals surface area contributed by atoms with Crippen molar-refractivity contribution < 1.29 is 13.2 Å². The van der Waals surface area contributed by atoms with E-state index in [2.05, 4.69) is 0 Å². The molecule has 0 bridgehead atoms. The monoisotopic (exact) mass is 262 g/mol. The van der Waals surface area contributed by atoms with E-state index in [-0.39, 0.29) is 12.2 Å². The summed E-state index contributed by atoms with van der Waals surface area (Å²) in [5, 5.41) is 9.04. The fraction of sp³-hybridized carbons (Fsp3) is 0.556. The molecule has 1 saturated heterocycles. The minimum absolute atomic E-state index is 0.142. The van der Waals surface area contributed by atoms with Crippen LogP contribution in [-0.2, 0) is 14.9 Å². The fourth-order valence-corrected chi connectivity index (χ4v) is 3.23. The quantitative estimate of drug-likeness (QED) is 0.853. The molecule has 2 atom stereocenters. The van der Waals surface area contributed by atoms with Crippen LogP contribution < -0.4 is 5.14 Å². The second kappa shape index (κ2) is 4.42. The predicted octanol–water partition coefficient (Wildman–Crippen LogP) is 0.713. The van der Waals surface area contributed by atoms with Crippen LogP contribution in [0.5, 0.6) is 0 Å². The third-order valence-electron chi connectivity index (χ3n) is 2.50. The van der Waals surface area contributed by atoms with Gasteiger partial charge in [0.05, 0.1) is 12.2 Å². The van der Waals surface area contributed by atoms with Crippen molar-refractivity contribution in [2.75, 3.05) is 13.1 Å². The molecule has 0 unspecified atom stereocenters. The summed E-state index contributed by atoms with van der Waals surface area (Å²) in [6.07, 6.45) is -0.356. The number of thiophene rings is 1. The lowest BCUT2D eigenvalue weighted by Crippen LogP contribution is -2.48. The van der Waals surface area contributed by atoms with Gasteiger partial charge in [0.1, 0.15) is 0 Å². The van der Waals surface area contributed by atoms with Crippen LogP contribution in [-0.4, -0.2) is 31.9 Å². The zero-order valence-corrected chi connectivity index (χ0v) is 10.5. The van der Waals surface area contributed by atoms with Crippen LogP contribution in [0.1, 0.15) is 18.6 Å². The Morgan fingerprint density at radius 1 is 1.56 bits per heavy atom. The Morgan fingerprint density at radius 3 is 2.88 bits per heavy atom. The summed E-state index contributed by atoms with van der Waals surface area (Å²) in [7, 11) is -3.63. The van der Waals surface area contributed by atoms with Crippen LogP contribution in [0.15, 0.2) is 16.8 Å². The van der Waals surface area contributed by atoms with Crippen molar-refractivity contribution in [3.63, 3.8) is 0 Å². The molecule has 0 aromatic carbocycles. The van der Waals surface area contributed by atoms with Crippen LogP contribution in [0.3, 0.4) is 0 Å². The van der Waals surface area contributed by atoms with E-state index >= 15 is 0 Å². The maximum Gasteiger partial charge on any atom is 0.277 e. The van der Waals surface area contributed by atoms with E-state index in [0.29, 0.717) is 13.1 Å². The normalized spacial score (nSPS) is 28.1. The summed E-state index contributed by atoms with van der Waals surface area (Å²) in [4.78, 5) is 0. The van der Waals surface area contributed by atoms with Crippen molar-refractivity contribution in [3.05, 3.63) is 22.4 Å². The first-order valence-electron chi connectivity index (χ1n) is 4.92. The molecule has 0 aliphatic carbocycles. The molecule has 16 heavy (non-hydrogen) atoms. The molecule has 7 heteroatoms. The highest BCUT2D eigenvalue weighted by molar-refractivity contribution is 7.86.